The number of hydrogen-bond donors (Lipinski definition) is 2. The smallest absolute Gasteiger partial charge is 0.344 e. The van der Waals surface area contributed by atoms with E-state index in [1.165, 1.54) is 63.7 Å². The first-order valence-electron chi connectivity index (χ1n) is 17.2. The maximum atomic E-state index is 15.0. The van der Waals surface area contributed by atoms with Gasteiger partial charge in [-0.05, 0) is 75.0 Å². The van der Waals surface area contributed by atoms with Crippen molar-refractivity contribution in [1.29, 1.82) is 0 Å². The Kier molecular flexibility index (Phi) is 8.04. The number of thioether (sulfide) groups is 3. The van der Waals surface area contributed by atoms with Crippen LogP contribution >= 0.6 is 35.3 Å². The number of rotatable bonds is 5. The predicted octanol–water partition coefficient (Wildman–Crippen LogP) is 10.2. The van der Waals surface area contributed by atoms with Crippen LogP contribution in [-0.2, 0) is 13.1 Å². The number of aromatic hydroxyl groups is 2. The van der Waals surface area contributed by atoms with Crippen molar-refractivity contribution in [3.05, 3.63) is 65.6 Å². The van der Waals surface area contributed by atoms with Gasteiger partial charge in [0.2, 0.25) is 11.8 Å². The van der Waals surface area contributed by atoms with Crippen molar-refractivity contribution in [2.24, 2.45) is 28.7 Å². The van der Waals surface area contributed by atoms with E-state index in [0.717, 1.165) is 16.8 Å². The third-order valence-electron chi connectivity index (χ3n) is 10.3. The number of amides is 2. The standard InChI is InChI=1S/C38H48N4O3S3/c1-18(2)29-32(19(3)4)46-35-30(38(29)47-33(20(5)6)34(48-38)21(7)8)24-14-23-16-39-15-22(9)28(23)25-17-40(42-26(43)12-13-27(42)44)36(45)41(31(24)25)37(35,10)11/h12-15,18-22,43-44H,16-17H2,1-11H3. The topological polar surface area (TPSA) is 81.3 Å². The summed E-state index contributed by atoms with van der Waals surface area (Å²) in [5.41, 5.74) is 7.62. The summed E-state index contributed by atoms with van der Waals surface area (Å²) in [6.45, 7) is 25.9. The highest BCUT2D eigenvalue weighted by Gasteiger charge is 2.60. The van der Waals surface area contributed by atoms with Crippen molar-refractivity contribution in [2.75, 3.05) is 9.91 Å². The summed E-state index contributed by atoms with van der Waals surface area (Å²) in [6, 6.07) is 4.94. The number of allylic oxidation sites excluding steroid dienone is 3. The minimum atomic E-state index is -0.731. The van der Waals surface area contributed by atoms with Crippen molar-refractivity contribution in [3.63, 3.8) is 0 Å². The second kappa shape index (κ2) is 11.4. The minimum absolute atomic E-state index is 0.0571. The monoisotopic (exact) mass is 704 g/mol. The Balaban J connectivity index is 1.58. The lowest BCUT2D eigenvalue weighted by Crippen LogP contribution is -2.62. The number of nitrogens with zero attached hydrogens (tertiary/aromatic N) is 4. The molecule has 6 heterocycles. The van der Waals surface area contributed by atoms with Gasteiger partial charge in [-0.2, -0.15) is 4.68 Å². The van der Waals surface area contributed by atoms with Crippen molar-refractivity contribution in [3.8, 4) is 11.8 Å². The lowest BCUT2D eigenvalue weighted by atomic mass is 9.76. The molecule has 5 aliphatic heterocycles. The maximum absolute atomic E-state index is 15.0. The van der Waals surface area contributed by atoms with Gasteiger partial charge in [0.15, 0.2) is 0 Å². The Hall–Kier alpha value is -2.69. The molecule has 1 aromatic heterocycles. The summed E-state index contributed by atoms with van der Waals surface area (Å²) in [6.07, 6.45) is 2.02. The zero-order chi connectivity index (χ0) is 34.8. The average Bonchev–Trinajstić information content (AvgIpc) is 3.55. The van der Waals surface area contributed by atoms with Crippen LogP contribution in [0.25, 0.3) is 5.57 Å². The minimum Gasteiger partial charge on any atom is -0.493 e. The molecule has 7 rings (SSSR count). The fourth-order valence-corrected chi connectivity index (χ4v) is 14.5. The molecule has 0 bridgehead atoms. The first-order chi connectivity index (χ1) is 22.5. The van der Waals surface area contributed by atoms with Crippen LogP contribution in [0.1, 0.15) is 104 Å². The van der Waals surface area contributed by atoms with Gasteiger partial charge in [-0.3, -0.25) is 9.89 Å². The second-order valence-electron chi connectivity index (χ2n) is 15.5. The van der Waals surface area contributed by atoms with E-state index in [4.69, 9.17) is 4.99 Å². The zero-order valence-corrected chi connectivity index (χ0v) is 32.4. The Bertz CT molecular complexity index is 1840. The number of anilines is 1. The molecule has 1 atom stereocenters. The van der Waals surface area contributed by atoms with Gasteiger partial charge in [-0.15, -0.1) is 23.5 Å². The van der Waals surface area contributed by atoms with Gasteiger partial charge in [-0.1, -0.05) is 74.1 Å². The Morgan fingerprint density at radius 3 is 2.02 bits per heavy atom. The van der Waals surface area contributed by atoms with E-state index in [2.05, 4.69) is 106 Å². The van der Waals surface area contributed by atoms with Gasteiger partial charge in [0.25, 0.3) is 0 Å². The molecule has 1 spiro atoms. The highest BCUT2D eigenvalue weighted by molar-refractivity contribution is 8.26. The van der Waals surface area contributed by atoms with E-state index < -0.39 is 5.54 Å². The molecule has 0 aliphatic carbocycles. The zero-order valence-electron chi connectivity index (χ0n) is 29.9. The molecule has 0 fully saturated rings. The number of carbonyl (C=O) groups excluding carboxylic acids is 1. The Morgan fingerprint density at radius 1 is 0.896 bits per heavy atom. The van der Waals surface area contributed by atoms with Crippen LogP contribution in [0.5, 0.6) is 11.8 Å². The average molecular weight is 705 g/mol. The molecule has 256 valence electrons. The van der Waals surface area contributed by atoms with Crippen molar-refractivity contribution in [2.45, 2.75) is 105 Å². The summed E-state index contributed by atoms with van der Waals surface area (Å²) in [5, 5.41) is 23.3. The number of aliphatic imine (C=N–C) groups is 1. The molecule has 7 nitrogen and oxygen atoms in total. The fourth-order valence-electron chi connectivity index (χ4n) is 8.29. The van der Waals surface area contributed by atoms with Crippen LogP contribution in [0.4, 0.5) is 10.5 Å². The molecule has 10 heteroatoms. The maximum Gasteiger partial charge on any atom is 0.344 e. The van der Waals surface area contributed by atoms with Gasteiger partial charge in [0.05, 0.1) is 24.3 Å². The first kappa shape index (κ1) is 33.8. The van der Waals surface area contributed by atoms with E-state index in [0.29, 0.717) is 30.2 Å². The van der Waals surface area contributed by atoms with E-state index in [9.17, 15) is 15.0 Å². The van der Waals surface area contributed by atoms with Crippen LogP contribution in [0, 0.1) is 23.7 Å². The summed E-state index contributed by atoms with van der Waals surface area (Å²) in [7, 11) is 0. The summed E-state index contributed by atoms with van der Waals surface area (Å²) >= 11 is 5.99. The summed E-state index contributed by atoms with van der Waals surface area (Å²) < 4.78 is 0.869. The molecule has 0 saturated carbocycles. The van der Waals surface area contributed by atoms with Crippen molar-refractivity contribution < 1.29 is 15.0 Å². The number of benzene rings is 1. The van der Waals surface area contributed by atoms with Gasteiger partial charge >= 0.3 is 6.03 Å². The molecule has 0 radical (unpaired) electrons. The fraction of sp³-hybridized carbons (Fsp3) is 0.526. The number of hydrogen-bond acceptors (Lipinski definition) is 7. The van der Waals surface area contributed by atoms with E-state index in [1.807, 2.05) is 22.9 Å². The third kappa shape index (κ3) is 4.57. The van der Waals surface area contributed by atoms with Gasteiger partial charge in [-0.25, -0.2) is 9.80 Å². The largest absolute Gasteiger partial charge is 0.493 e. The Labute approximate surface area is 298 Å². The molecule has 1 unspecified atom stereocenters. The molecule has 5 aliphatic rings. The van der Waals surface area contributed by atoms with Crippen LogP contribution in [0.15, 0.2) is 48.4 Å². The second-order valence-corrected chi connectivity index (χ2v) is 19.3. The molecule has 48 heavy (non-hydrogen) atoms. The molecule has 1 aromatic carbocycles. The molecular weight excluding hydrogens is 657 g/mol. The molecule has 2 aromatic rings. The highest BCUT2D eigenvalue weighted by Crippen LogP contribution is 2.74. The Morgan fingerprint density at radius 2 is 1.48 bits per heavy atom. The van der Waals surface area contributed by atoms with Crippen molar-refractivity contribution >= 4 is 58.8 Å². The van der Waals surface area contributed by atoms with E-state index in [-0.39, 0.29) is 34.3 Å². The number of urea groups is 1. The summed E-state index contributed by atoms with van der Waals surface area (Å²) in [4.78, 5) is 27.2. The SMILES string of the molecule is CC(C)C1=C(C(C)C)SC2(S1)C1=C(SC(C(C)C)=C2C(C)C)C(C)(C)N2C(=O)N(n3c(O)ccc3O)Cc3c4c(cc1c32)CN=CC4C. The highest BCUT2D eigenvalue weighted by atomic mass is 32.2. The van der Waals surface area contributed by atoms with Crippen LogP contribution in [0.3, 0.4) is 0 Å². The van der Waals surface area contributed by atoms with Gasteiger partial charge < -0.3 is 10.2 Å². The normalized spacial score (nSPS) is 22.7. The van der Waals surface area contributed by atoms with Crippen molar-refractivity contribution in [1.82, 2.24) is 4.68 Å². The number of carbonyl (C=O) groups is 1. The lowest BCUT2D eigenvalue weighted by Gasteiger charge is -2.55. The van der Waals surface area contributed by atoms with E-state index >= 15 is 0 Å². The number of fused-ring (bicyclic) bond motifs is 4. The predicted molar refractivity (Wildman–Crippen MR) is 205 cm³/mol. The molecule has 2 N–H and O–H groups in total. The van der Waals surface area contributed by atoms with Crippen LogP contribution in [-0.4, -0.2) is 36.8 Å². The number of aromatic nitrogens is 1. The van der Waals surface area contributed by atoms with Crippen LogP contribution < -0.4 is 9.91 Å². The summed E-state index contributed by atoms with van der Waals surface area (Å²) in [5.74, 6) is 1.12. The van der Waals surface area contributed by atoms with Crippen LogP contribution in [0.2, 0.25) is 0 Å². The van der Waals surface area contributed by atoms with E-state index in [1.54, 1.807) is 0 Å². The molecule has 0 saturated heterocycles. The first-order valence-corrected chi connectivity index (χ1v) is 19.7. The third-order valence-corrected chi connectivity index (χ3v) is 15.9. The van der Waals surface area contributed by atoms with Gasteiger partial charge in [0.1, 0.15) is 4.08 Å². The quantitative estimate of drug-likeness (QED) is 0.323. The lowest BCUT2D eigenvalue weighted by molar-refractivity contribution is 0.235. The van der Waals surface area contributed by atoms with Gasteiger partial charge in [0, 0.05) is 45.9 Å². The molecular formula is C38H48N4O3S3. The molecule has 2 amide bonds.